The molecule has 4 nitrogen and oxygen atoms in total. The Kier molecular flexibility index (Phi) is 9.06. The molecule has 0 radical (unpaired) electrons. The second-order valence-corrected chi connectivity index (χ2v) is 10.4. The fraction of sp³-hybridized carbons (Fsp3) is 0.367. The van der Waals surface area contributed by atoms with Gasteiger partial charge < -0.3 is 9.84 Å². The highest BCUT2D eigenvalue weighted by Gasteiger charge is 2.53. The Labute approximate surface area is 239 Å². The number of benzene rings is 3. The van der Waals surface area contributed by atoms with E-state index in [2.05, 4.69) is 0 Å². The number of nitrogens with zero attached hydrogens (tertiary/aromatic N) is 1. The Morgan fingerprint density at radius 3 is 1.85 bits per heavy atom. The van der Waals surface area contributed by atoms with Crippen molar-refractivity contribution in [3.63, 3.8) is 0 Å². The molecule has 11 heteroatoms. The van der Waals surface area contributed by atoms with Crippen LogP contribution in [0, 0.1) is 11.8 Å². The molecule has 220 valence electrons. The van der Waals surface area contributed by atoms with E-state index in [4.69, 9.17) is 4.74 Å². The molecule has 1 unspecified atom stereocenters. The molecule has 41 heavy (non-hydrogen) atoms. The summed E-state index contributed by atoms with van der Waals surface area (Å²) in [6.07, 6.45) is -10.2. The van der Waals surface area contributed by atoms with E-state index in [1.165, 1.54) is 0 Å². The Bertz CT molecular complexity index is 1260. The van der Waals surface area contributed by atoms with E-state index in [1.807, 2.05) is 65.6 Å². The van der Waals surface area contributed by atoms with Crippen LogP contribution in [-0.2, 0) is 28.5 Å². The van der Waals surface area contributed by atoms with Crippen molar-refractivity contribution in [1.29, 1.82) is 0 Å². The average Bonchev–Trinajstić information content (AvgIpc) is 2.93. The number of carboxylic acid groups (broad SMARTS) is 1. The zero-order valence-corrected chi connectivity index (χ0v) is 22.4. The molecule has 3 aliphatic heterocycles. The van der Waals surface area contributed by atoms with E-state index in [1.54, 1.807) is 0 Å². The lowest BCUT2D eigenvalue weighted by atomic mass is 9.68. The smallest absolute Gasteiger partial charge is 0.416 e. The van der Waals surface area contributed by atoms with Gasteiger partial charge >= 0.3 is 18.3 Å². The molecule has 3 aromatic carbocycles. The third-order valence-electron chi connectivity index (χ3n) is 7.94. The highest BCUT2D eigenvalue weighted by Crippen LogP contribution is 2.46. The SMILES string of the molecule is Cl.O=C(O)[C@@H]1CN2CC[C@H]1[C@H](OCc1cc(C(F)(F)F)cc(C(F)(F)F)c1)[C@@H]2C(c1ccccc1)c1ccccc1. The molecular weight excluding hydrogens is 572 g/mol. The lowest BCUT2D eigenvalue weighted by Gasteiger charge is -2.55. The van der Waals surface area contributed by atoms with Gasteiger partial charge in [0.1, 0.15) is 0 Å². The first kappa shape index (κ1) is 30.9. The minimum absolute atomic E-state index is 0. The Morgan fingerprint density at radius 2 is 1.39 bits per heavy atom. The summed E-state index contributed by atoms with van der Waals surface area (Å²) < 4.78 is 87.0. The first-order valence-corrected chi connectivity index (χ1v) is 12.9. The third-order valence-corrected chi connectivity index (χ3v) is 7.94. The summed E-state index contributed by atoms with van der Waals surface area (Å²) in [6, 6.07) is 20.1. The van der Waals surface area contributed by atoms with Crippen LogP contribution in [0.2, 0.25) is 0 Å². The summed E-state index contributed by atoms with van der Waals surface area (Å²) in [7, 11) is 0. The van der Waals surface area contributed by atoms with Crippen LogP contribution in [0.1, 0.15) is 40.2 Å². The second-order valence-electron chi connectivity index (χ2n) is 10.4. The van der Waals surface area contributed by atoms with Crippen LogP contribution in [0.4, 0.5) is 26.3 Å². The van der Waals surface area contributed by atoms with Crippen LogP contribution < -0.4 is 0 Å². The van der Waals surface area contributed by atoms with Crippen molar-refractivity contribution in [2.24, 2.45) is 11.8 Å². The van der Waals surface area contributed by atoms with E-state index >= 15 is 0 Å². The molecule has 3 saturated heterocycles. The maximum absolute atomic E-state index is 13.5. The monoisotopic (exact) mass is 599 g/mol. The Balaban J connectivity index is 0.00000387. The summed E-state index contributed by atoms with van der Waals surface area (Å²) in [5, 5.41) is 9.94. The molecule has 0 spiro atoms. The van der Waals surface area contributed by atoms with Crippen molar-refractivity contribution < 1.29 is 41.0 Å². The molecule has 3 aromatic rings. The van der Waals surface area contributed by atoms with Crippen molar-refractivity contribution in [3.8, 4) is 0 Å². The van der Waals surface area contributed by atoms with Crippen molar-refractivity contribution in [3.05, 3.63) is 107 Å². The molecule has 5 atom stereocenters. The van der Waals surface area contributed by atoms with Gasteiger partial charge in [-0.1, -0.05) is 60.7 Å². The van der Waals surface area contributed by atoms with Gasteiger partial charge in [0, 0.05) is 24.4 Å². The highest BCUT2D eigenvalue weighted by atomic mass is 35.5. The lowest BCUT2D eigenvalue weighted by molar-refractivity contribution is -0.172. The predicted octanol–water partition coefficient (Wildman–Crippen LogP) is 7.27. The van der Waals surface area contributed by atoms with E-state index in [9.17, 15) is 36.2 Å². The zero-order valence-electron chi connectivity index (χ0n) is 21.6. The molecule has 2 bridgehead atoms. The average molecular weight is 600 g/mol. The summed E-state index contributed by atoms with van der Waals surface area (Å²) in [4.78, 5) is 14.2. The molecular formula is C30H28ClF6NO3. The Morgan fingerprint density at radius 1 is 0.878 bits per heavy atom. The number of alkyl halides is 6. The van der Waals surface area contributed by atoms with Crippen LogP contribution in [0.3, 0.4) is 0 Å². The molecule has 1 N–H and O–H groups in total. The summed E-state index contributed by atoms with van der Waals surface area (Å²) >= 11 is 0. The molecule has 3 fully saturated rings. The van der Waals surface area contributed by atoms with Gasteiger partial charge in [0.2, 0.25) is 0 Å². The fourth-order valence-electron chi connectivity index (χ4n) is 6.21. The van der Waals surface area contributed by atoms with Gasteiger partial charge in [-0.3, -0.25) is 9.69 Å². The lowest BCUT2D eigenvalue weighted by Crippen LogP contribution is -2.65. The van der Waals surface area contributed by atoms with Gasteiger partial charge in [-0.2, -0.15) is 26.3 Å². The number of carbonyl (C=O) groups is 1. The largest absolute Gasteiger partial charge is 0.481 e. The standard InChI is InChI=1S/C30H27F6NO3.ClH/c31-29(32,33)21-13-18(14-22(15-21)30(34,35)36)17-40-27-23-11-12-37(16-24(23)28(38)39)26(27)25(19-7-3-1-4-8-19)20-9-5-2-6-10-20;/h1-10,13-15,23-27H,11-12,16-17H2,(H,38,39);1H/t23-,24-,26+,27+;/m1./s1. The maximum Gasteiger partial charge on any atom is 0.416 e. The summed E-state index contributed by atoms with van der Waals surface area (Å²) in [6.45, 7) is 0.362. The number of aliphatic carboxylic acids is 1. The molecule has 3 heterocycles. The molecule has 6 rings (SSSR count). The van der Waals surface area contributed by atoms with Crippen LogP contribution >= 0.6 is 12.4 Å². The first-order valence-electron chi connectivity index (χ1n) is 12.9. The topological polar surface area (TPSA) is 49.8 Å². The van der Waals surface area contributed by atoms with Gasteiger partial charge in [-0.05, 0) is 47.9 Å². The number of hydrogen-bond acceptors (Lipinski definition) is 3. The van der Waals surface area contributed by atoms with E-state index in [-0.39, 0.29) is 42.5 Å². The van der Waals surface area contributed by atoms with Gasteiger partial charge in [-0.15, -0.1) is 12.4 Å². The molecule has 0 aliphatic carbocycles. The van der Waals surface area contributed by atoms with Crippen molar-refractivity contribution in [1.82, 2.24) is 4.90 Å². The van der Waals surface area contributed by atoms with Crippen LogP contribution in [-0.4, -0.2) is 41.2 Å². The summed E-state index contributed by atoms with van der Waals surface area (Å²) in [5.41, 5.74) is -1.21. The molecule has 0 amide bonds. The number of fused-ring (bicyclic) bond motifs is 3. The predicted molar refractivity (Wildman–Crippen MR) is 142 cm³/mol. The number of rotatable bonds is 7. The van der Waals surface area contributed by atoms with Crippen LogP contribution in [0.25, 0.3) is 0 Å². The first-order chi connectivity index (χ1) is 18.9. The van der Waals surface area contributed by atoms with E-state index in [0.29, 0.717) is 25.1 Å². The molecule has 0 saturated carbocycles. The highest BCUT2D eigenvalue weighted by molar-refractivity contribution is 5.85. The number of carboxylic acids is 1. The minimum atomic E-state index is -4.98. The quantitative estimate of drug-likeness (QED) is 0.290. The van der Waals surface area contributed by atoms with Crippen molar-refractivity contribution >= 4 is 18.4 Å². The van der Waals surface area contributed by atoms with Gasteiger partial charge in [0.05, 0.1) is 29.8 Å². The number of halogens is 7. The van der Waals surface area contributed by atoms with Crippen molar-refractivity contribution in [2.75, 3.05) is 13.1 Å². The third kappa shape index (κ3) is 6.55. The second kappa shape index (κ2) is 12.0. The zero-order chi connectivity index (χ0) is 28.7. The normalized spacial score (nSPS) is 24.2. The van der Waals surface area contributed by atoms with Crippen molar-refractivity contribution in [2.45, 2.75) is 43.4 Å². The van der Waals surface area contributed by atoms with Crippen LogP contribution in [0.15, 0.2) is 78.9 Å². The van der Waals surface area contributed by atoms with Gasteiger partial charge in [0.25, 0.3) is 0 Å². The van der Waals surface area contributed by atoms with E-state index < -0.39 is 54.0 Å². The van der Waals surface area contributed by atoms with Crippen LogP contribution in [0.5, 0.6) is 0 Å². The number of piperidine rings is 3. The van der Waals surface area contributed by atoms with Gasteiger partial charge in [0.15, 0.2) is 0 Å². The Hall–Kier alpha value is -3.08. The fourth-order valence-corrected chi connectivity index (χ4v) is 6.21. The maximum atomic E-state index is 13.5. The molecule has 0 aromatic heterocycles. The molecule has 3 aliphatic rings. The summed E-state index contributed by atoms with van der Waals surface area (Å²) in [5.74, 6) is -2.50. The number of ether oxygens (including phenoxy) is 1. The minimum Gasteiger partial charge on any atom is -0.481 e. The van der Waals surface area contributed by atoms with E-state index in [0.717, 1.165) is 11.1 Å². The van der Waals surface area contributed by atoms with Gasteiger partial charge in [-0.25, -0.2) is 0 Å². The number of hydrogen-bond donors (Lipinski definition) is 1.